The maximum atomic E-state index is 12.5. The summed E-state index contributed by atoms with van der Waals surface area (Å²) in [6.07, 6.45) is 0. The van der Waals surface area contributed by atoms with Gasteiger partial charge in [-0.15, -0.1) is 0 Å². The number of carbonyl (C=O) groups is 1. The highest BCUT2D eigenvalue weighted by molar-refractivity contribution is 7.89. The summed E-state index contributed by atoms with van der Waals surface area (Å²) in [7, 11) is -3.66. The highest BCUT2D eigenvalue weighted by atomic mass is 32.2. The molecule has 0 unspecified atom stereocenters. The molecule has 1 N–H and O–H groups in total. The van der Waals surface area contributed by atoms with Gasteiger partial charge in [0, 0.05) is 13.1 Å². The summed E-state index contributed by atoms with van der Waals surface area (Å²) in [5, 5.41) is 2.74. The third-order valence-corrected chi connectivity index (χ3v) is 5.32. The molecule has 23 heavy (non-hydrogen) atoms. The molecule has 0 heterocycles. The standard InChI is InChI=1S/C17H20N2O3S/c1-2-19(23(21,22)16-11-7-4-8-12-16)14-17(20)18-13-15-9-5-3-6-10-15/h3-12H,2,13-14H2,1H3,(H,18,20). The van der Waals surface area contributed by atoms with Crippen LogP contribution in [0.3, 0.4) is 0 Å². The van der Waals surface area contributed by atoms with Crippen molar-refractivity contribution < 1.29 is 13.2 Å². The van der Waals surface area contributed by atoms with Gasteiger partial charge < -0.3 is 5.32 Å². The van der Waals surface area contributed by atoms with Crippen molar-refractivity contribution in [1.82, 2.24) is 9.62 Å². The van der Waals surface area contributed by atoms with E-state index in [9.17, 15) is 13.2 Å². The SMILES string of the molecule is CCN(CC(=O)NCc1ccccc1)S(=O)(=O)c1ccccc1. The lowest BCUT2D eigenvalue weighted by Crippen LogP contribution is -2.40. The summed E-state index contributed by atoms with van der Waals surface area (Å²) in [6.45, 7) is 2.13. The van der Waals surface area contributed by atoms with Crippen LogP contribution in [0.1, 0.15) is 12.5 Å². The minimum absolute atomic E-state index is 0.192. The number of hydrogen-bond acceptors (Lipinski definition) is 3. The Labute approximate surface area is 137 Å². The van der Waals surface area contributed by atoms with Crippen LogP contribution in [0.5, 0.6) is 0 Å². The number of nitrogens with one attached hydrogen (secondary N) is 1. The van der Waals surface area contributed by atoms with Gasteiger partial charge in [-0.2, -0.15) is 4.31 Å². The van der Waals surface area contributed by atoms with Gasteiger partial charge in [0.15, 0.2) is 0 Å². The second-order valence-electron chi connectivity index (χ2n) is 5.01. The molecule has 0 radical (unpaired) electrons. The maximum absolute atomic E-state index is 12.5. The quantitative estimate of drug-likeness (QED) is 0.843. The largest absolute Gasteiger partial charge is 0.351 e. The van der Waals surface area contributed by atoms with Gasteiger partial charge in [-0.05, 0) is 17.7 Å². The van der Waals surface area contributed by atoms with Crippen LogP contribution in [0, 0.1) is 0 Å². The van der Waals surface area contributed by atoms with Crippen molar-refractivity contribution in [3.05, 3.63) is 66.2 Å². The van der Waals surface area contributed by atoms with Crippen molar-refractivity contribution in [3.63, 3.8) is 0 Å². The minimum atomic E-state index is -3.66. The lowest BCUT2D eigenvalue weighted by Gasteiger charge is -2.20. The average Bonchev–Trinajstić information content (AvgIpc) is 2.59. The summed E-state index contributed by atoms with van der Waals surface area (Å²) in [5.74, 6) is -0.324. The van der Waals surface area contributed by atoms with Crippen LogP contribution in [0.25, 0.3) is 0 Å². The molecule has 122 valence electrons. The Balaban J connectivity index is 2.00. The molecular weight excluding hydrogens is 312 g/mol. The number of rotatable bonds is 7. The molecule has 2 rings (SSSR count). The van der Waals surface area contributed by atoms with Gasteiger partial charge in [0.25, 0.3) is 0 Å². The number of amides is 1. The van der Waals surface area contributed by atoms with Gasteiger partial charge in [0.2, 0.25) is 15.9 Å². The molecular formula is C17H20N2O3S. The number of hydrogen-bond donors (Lipinski definition) is 1. The van der Waals surface area contributed by atoms with E-state index in [0.717, 1.165) is 5.56 Å². The molecule has 0 spiro atoms. The molecule has 2 aromatic rings. The zero-order valence-electron chi connectivity index (χ0n) is 13.0. The Hall–Kier alpha value is -2.18. The van der Waals surface area contributed by atoms with Crippen LogP contribution in [0.15, 0.2) is 65.6 Å². The molecule has 0 aliphatic rings. The number of sulfonamides is 1. The van der Waals surface area contributed by atoms with E-state index in [0.29, 0.717) is 6.54 Å². The molecule has 0 bridgehead atoms. The fourth-order valence-electron chi connectivity index (χ4n) is 2.12. The lowest BCUT2D eigenvalue weighted by atomic mass is 10.2. The zero-order chi connectivity index (χ0) is 16.7. The fourth-order valence-corrected chi connectivity index (χ4v) is 3.55. The summed E-state index contributed by atoms with van der Waals surface area (Å²) in [5.41, 5.74) is 0.967. The van der Waals surface area contributed by atoms with Crippen molar-refractivity contribution in [2.45, 2.75) is 18.4 Å². The van der Waals surface area contributed by atoms with Crippen LogP contribution in [0.4, 0.5) is 0 Å². The predicted octanol–water partition coefficient (Wildman–Crippen LogP) is 2.01. The third-order valence-electron chi connectivity index (χ3n) is 3.39. The van der Waals surface area contributed by atoms with Crippen LogP contribution in [-0.4, -0.2) is 31.7 Å². The minimum Gasteiger partial charge on any atom is -0.351 e. The molecule has 0 saturated carbocycles. The van der Waals surface area contributed by atoms with Gasteiger partial charge in [0.1, 0.15) is 0 Å². The summed E-state index contributed by atoms with van der Waals surface area (Å²) < 4.78 is 26.2. The van der Waals surface area contributed by atoms with E-state index in [2.05, 4.69) is 5.32 Å². The third kappa shape index (κ3) is 4.64. The predicted molar refractivity (Wildman–Crippen MR) is 89.2 cm³/mol. The van der Waals surface area contributed by atoms with E-state index in [-0.39, 0.29) is 23.9 Å². The Bertz CT molecular complexity index is 731. The van der Waals surface area contributed by atoms with Crippen LogP contribution >= 0.6 is 0 Å². The highest BCUT2D eigenvalue weighted by Gasteiger charge is 2.24. The Morgan fingerprint density at radius 1 is 1.00 bits per heavy atom. The number of benzene rings is 2. The van der Waals surface area contributed by atoms with Crippen molar-refractivity contribution in [2.24, 2.45) is 0 Å². The monoisotopic (exact) mass is 332 g/mol. The molecule has 0 aromatic heterocycles. The van der Waals surface area contributed by atoms with E-state index < -0.39 is 10.0 Å². The number of nitrogens with zero attached hydrogens (tertiary/aromatic N) is 1. The average molecular weight is 332 g/mol. The lowest BCUT2D eigenvalue weighted by molar-refractivity contribution is -0.121. The normalized spacial score (nSPS) is 11.4. The highest BCUT2D eigenvalue weighted by Crippen LogP contribution is 2.14. The molecule has 0 aliphatic heterocycles. The first-order chi connectivity index (χ1) is 11.0. The summed E-state index contributed by atoms with van der Waals surface area (Å²) in [6, 6.07) is 17.6. The van der Waals surface area contributed by atoms with E-state index in [1.165, 1.54) is 16.4 Å². The molecule has 1 amide bonds. The van der Waals surface area contributed by atoms with Crippen molar-refractivity contribution in [2.75, 3.05) is 13.1 Å². The first kappa shape index (κ1) is 17.2. The molecule has 2 aromatic carbocycles. The molecule has 0 fully saturated rings. The van der Waals surface area contributed by atoms with E-state index in [1.54, 1.807) is 25.1 Å². The first-order valence-corrected chi connectivity index (χ1v) is 8.84. The van der Waals surface area contributed by atoms with Gasteiger partial charge in [-0.1, -0.05) is 55.5 Å². The smallest absolute Gasteiger partial charge is 0.243 e. The summed E-state index contributed by atoms with van der Waals surface area (Å²) in [4.78, 5) is 12.2. The van der Waals surface area contributed by atoms with Gasteiger partial charge in [-0.3, -0.25) is 4.79 Å². The van der Waals surface area contributed by atoms with Crippen molar-refractivity contribution >= 4 is 15.9 Å². The fraction of sp³-hybridized carbons (Fsp3) is 0.235. The zero-order valence-corrected chi connectivity index (χ0v) is 13.8. The van der Waals surface area contributed by atoms with E-state index in [4.69, 9.17) is 0 Å². The van der Waals surface area contributed by atoms with Gasteiger partial charge >= 0.3 is 0 Å². The maximum Gasteiger partial charge on any atom is 0.243 e. The van der Waals surface area contributed by atoms with Crippen LogP contribution in [0.2, 0.25) is 0 Å². The second kappa shape index (κ2) is 7.89. The van der Waals surface area contributed by atoms with Crippen molar-refractivity contribution in [1.29, 1.82) is 0 Å². The Kier molecular flexibility index (Phi) is 5.90. The van der Waals surface area contributed by atoms with Gasteiger partial charge in [0.05, 0.1) is 11.4 Å². The number of likely N-dealkylation sites (N-methyl/N-ethyl adjacent to an activating group) is 1. The molecule has 0 aliphatic carbocycles. The Morgan fingerprint density at radius 3 is 2.13 bits per heavy atom. The molecule has 0 saturated heterocycles. The van der Waals surface area contributed by atoms with Crippen molar-refractivity contribution in [3.8, 4) is 0 Å². The van der Waals surface area contributed by atoms with Crippen LogP contribution < -0.4 is 5.32 Å². The molecule has 5 nitrogen and oxygen atoms in total. The first-order valence-electron chi connectivity index (χ1n) is 7.40. The van der Waals surface area contributed by atoms with Crippen LogP contribution in [-0.2, 0) is 21.4 Å². The topological polar surface area (TPSA) is 66.5 Å². The Morgan fingerprint density at radius 2 is 1.57 bits per heavy atom. The van der Waals surface area contributed by atoms with E-state index in [1.807, 2.05) is 30.3 Å². The molecule has 6 heteroatoms. The van der Waals surface area contributed by atoms with E-state index >= 15 is 0 Å². The molecule has 0 atom stereocenters. The van der Waals surface area contributed by atoms with Gasteiger partial charge in [-0.25, -0.2) is 8.42 Å². The summed E-state index contributed by atoms with van der Waals surface area (Å²) >= 11 is 0. The second-order valence-corrected chi connectivity index (χ2v) is 6.94. The number of carbonyl (C=O) groups excluding carboxylic acids is 1.